The van der Waals surface area contributed by atoms with E-state index in [1.807, 2.05) is 13.8 Å². The van der Waals surface area contributed by atoms with E-state index in [0.717, 1.165) is 31.9 Å². The summed E-state index contributed by atoms with van der Waals surface area (Å²) in [4.78, 5) is 29.4. The number of carbonyl (C=O) groups excluding carboxylic acids is 1. The van der Waals surface area contributed by atoms with E-state index in [9.17, 15) is 4.79 Å². The molecular weight excluding hydrogens is 334 g/mol. The molecular formula is C16H25N9O. The van der Waals surface area contributed by atoms with Gasteiger partial charge in [-0.15, -0.1) is 0 Å². The number of aryl methyl sites for hydroxylation is 1. The minimum Gasteiger partial charge on any atom is -0.356 e. The van der Waals surface area contributed by atoms with Crippen LogP contribution in [0.25, 0.3) is 0 Å². The molecule has 140 valence electrons. The number of anilines is 3. The molecule has 10 heteroatoms. The Hall–Kier alpha value is -2.75. The van der Waals surface area contributed by atoms with Crippen LogP contribution in [0.5, 0.6) is 0 Å². The molecule has 0 atom stereocenters. The zero-order chi connectivity index (χ0) is 18.5. The van der Waals surface area contributed by atoms with Crippen LogP contribution in [0.2, 0.25) is 0 Å². The van der Waals surface area contributed by atoms with Crippen LogP contribution in [0.15, 0.2) is 6.07 Å². The molecule has 0 bridgehead atoms. The molecule has 3 heterocycles. The predicted molar refractivity (Wildman–Crippen MR) is 98.5 cm³/mol. The first-order chi connectivity index (χ1) is 12.5. The number of nitrogens with zero attached hydrogens (tertiary/aromatic N) is 6. The molecule has 26 heavy (non-hydrogen) atoms. The van der Waals surface area contributed by atoms with Gasteiger partial charge in [-0.3, -0.25) is 9.89 Å². The Morgan fingerprint density at radius 1 is 1.23 bits per heavy atom. The fourth-order valence-corrected chi connectivity index (χ4v) is 2.73. The third-order valence-corrected chi connectivity index (χ3v) is 4.12. The fourth-order valence-electron chi connectivity index (χ4n) is 2.73. The first kappa shape index (κ1) is 18.1. The summed E-state index contributed by atoms with van der Waals surface area (Å²) in [7, 11) is 2.11. The summed E-state index contributed by atoms with van der Waals surface area (Å²) in [5.41, 5.74) is 0.725. The summed E-state index contributed by atoms with van der Waals surface area (Å²) in [5.74, 6) is 2.29. The number of amides is 1. The molecule has 1 aliphatic rings. The quantitative estimate of drug-likeness (QED) is 0.664. The van der Waals surface area contributed by atoms with Gasteiger partial charge in [-0.25, -0.2) is 0 Å². The van der Waals surface area contributed by atoms with E-state index in [-0.39, 0.29) is 12.3 Å². The highest BCUT2D eigenvalue weighted by atomic mass is 16.1. The van der Waals surface area contributed by atoms with Gasteiger partial charge in [0, 0.05) is 44.5 Å². The Morgan fingerprint density at radius 3 is 2.73 bits per heavy atom. The van der Waals surface area contributed by atoms with Crippen molar-refractivity contribution >= 4 is 23.6 Å². The lowest BCUT2D eigenvalue weighted by molar-refractivity contribution is -0.120. The van der Waals surface area contributed by atoms with E-state index in [1.54, 1.807) is 6.07 Å². The molecule has 0 spiro atoms. The van der Waals surface area contributed by atoms with Gasteiger partial charge in [0.15, 0.2) is 5.82 Å². The molecule has 2 aromatic heterocycles. The second-order valence-electron chi connectivity index (χ2n) is 6.33. The number of nitrogens with one attached hydrogen (secondary N) is 3. The summed E-state index contributed by atoms with van der Waals surface area (Å²) < 4.78 is 0. The predicted octanol–water partition coefficient (Wildman–Crippen LogP) is 0.0771. The minimum atomic E-state index is -0.0453. The molecule has 0 radical (unpaired) electrons. The second kappa shape index (κ2) is 8.09. The normalized spacial score (nSPS) is 15.1. The minimum absolute atomic E-state index is 0.0453. The summed E-state index contributed by atoms with van der Waals surface area (Å²) >= 11 is 0. The lowest BCUT2D eigenvalue weighted by Crippen LogP contribution is -2.45. The average molecular weight is 359 g/mol. The molecule has 0 aliphatic carbocycles. The van der Waals surface area contributed by atoms with Crippen LogP contribution >= 0.6 is 0 Å². The van der Waals surface area contributed by atoms with Crippen molar-refractivity contribution in [2.75, 3.05) is 50.0 Å². The zero-order valence-electron chi connectivity index (χ0n) is 15.4. The highest BCUT2D eigenvalue weighted by Gasteiger charge is 2.18. The van der Waals surface area contributed by atoms with Crippen LogP contribution in [0.3, 0.4) is 0 Å². The molecule has 10 nitrogen and oxygen atoms in total. The van der Waals surface area contributed by atoms with Crippen LogP contribution < -0.4 is 15.5 Å². The maximum Gasteiger partial charge on any atom is 0.233 e. The van der Waals surface area contributed by atoms with E-state index in [2.05, 4.69) is 52.6 Å². The lowest BCUT2D eigenvalue weighted by atomic mass is 10.3. The standard InChI is InChI=1S/C16H25N9O/c1-4-17-14(26)10-12-9-13(23-22-12)20-15-18-11(2)19-16(21-15)25-7-5-24(3)6-8-25/h9H,4-8,10H2,1-3H3,(H,17,26)(H2,18,19,20,21,22,23). The van der Waals surface area contributed by atoms with Crippen molar-refractivity contribution in [1.29, 1.82) is 0 Å². The van der Waals surface area contributed by atoms with Crippen LogP contribution in [-0.2, 0) is 11.2 Å². The molecule has 1 saturated heterocycles. The van der Waals surface area contributed by atoms with E-state index in [0.29, 0.717) is 30.1 Å². The molecule has 2 aromatic rings. The Labute approximate surface area is 152 Å². The maximum atomic E-state index is 11.6. The van der Waals surface area contributed by atoms with Crippen molar-refractivity contribution in [2.24, 2.45) is 0 Å². The molecule has 3 rings (SSSR count). The molecule has 1 aliphatic heterocycles. The van der Waals surface area contributed by atoms with Gasteiger partial charge in [-0.05, 0) is 20.9 Å². The van der Waals surface area contributed by atoms with Gasteiger partial charge in [-0.1, -0.05) is 0 Å². The van der Waals surface area contributed by atoms with Crippen LogP contribution in [0.1, 0.15) is 18.4 Å². The number of rotatable bonds is 6. The number of H-pyrrole nitrogens is 1. The third kappa shape index (κ3) is 4.66. The number of hydrogen-bond acceptors (Lipinski definition) is 8. The monoisotopic (exact) mass is 359 g/mol. The van der Waals surface area contributed by atoms with E-state index < -0.39 is 0 Å². The van der Waals surface area contributed by atoms with Gasteiger partial charge in [0.25, 0.3) is 0 Å². The molecule has 1 amide bonds. The second-order valence-corrected chi connectivity index (χ2v) is 6.33. The van der Waals surface area contributed by atoms with Crippen molar-refractivity contribution in [1.82, 2.24) is 35.4 Å². The van der Waals surface area contributed by atoms with Crippen molar-refractivity contribution < 1.29 is 4.79 Å². The number of piperazine rings is 1. The van der Waals surface area contributed by atoms with Crippen molar-refractivity contribution in [2.45, 2.75) is 20.3 Å². The number of carbonyl (C=O) groups is 1. The van der Waals surface area contributed by atoms with E-state index in [4.69, 9.17) is 0 Å². The number of hydrogen-bond donors (Lipinski definition) is 3. The largest absolute Gasteiger partial charge is 0.356 e. The molecule has 1 fully saturated rings. The van der Waals surface area contributed by atoms with Gasteiger partial charge in [0.05, 0.1) is 6.42 Å². The summed E-state index contributed by atoms with van der Waals surface area (Å²) in [6.45, 7) is 8.08. The fraction of sp³-hybridized carbons (Fsp3) is 0.562. The van der Waals surface area contributed by atoms with Crippen molar-refractivity contribution in [3.05, 3.63) is 17.6 Å². The lowest BCUT2D eigenvalue weighted by Gasteiger charge is -2.32. The van der Waals surface area contributed by atoms with Crippen molar-refractivity contribution in [3.63, 3.8) is 0 Å². The maximum absolute atomic E-state index is 11.6. The highest BCUT2D eigenvalue weighted by molar-refractivity contribution is 5.78. The summed E-state index contributed by atoms with van der Waals surface area (Å²) in [5, 5.41) is 12.9. The third-order valence-electron chi connectivity index (χ3n) is 4.12. The van der Waals surface area contributed by atoms with Crippen molar-refractivity contribution in [3.8, 4) is 0 Å². The van der Waals surface area contributed by atoms with Gasteiger partial charge in [0.1, 0.15) is 5.82 Å². The first-order valence-corrected chi connectivity index (χ1v) is 8.77. The summed E-state index contributed by atoms with van der Waals surface area (Å²) in [6.07, 6.45) is 0.255. The van der Waals surface area contributed by atoms with Gasteiger partial charge >= 0.3 is 0 Å². The topological polar surface area (TPSA) is 115 Å². The van der Waals surface area contributed by atoms with Crippen LogP contribution in [0.4, 0.5) is 17.7 Å². The Morgan fingerprint density at radius 2 is 2.00 bits per heavy atom. The smallest absolute Gasteiger partial charge is 0.233 e. The number of aromatic amines is 1. The van der Waals surface area contributed by atoms with Crippen LogP contribution in [-0.4, -0.2) is 75.7 Å². The Kier molecular flexibility index (Phi) is 5.61. The van der Waals surface area contributed by atoms with Gasteiger partial charge in [0.2, 0.25) is 17.8 Å². The Bertz CT molecular complexity index is 752. The van der Waals surface area contributed by atoms with Gasteiger partial charge < -0.3 is 20.4 Å². The SMILES string of the molecule is CCNC(=O)Cc1cc(Nc2nc(C)nc(N3CCN(C)CC3)n2)n[nH]1. The van der Waals surface area contributed by atoms with E-state index in [1.165, 1.54) is 0 Å². The molecule has 0 unspecified atom stereocenters. The number of likely N-dealkylation sites (N-methyl/N-ethyl adjacent to an activating group) is 2. The van der Waals surface area contributed by atoms with E-state index >= 15 is 0 Å². The molecule has 0 aromatic carbocycles. The Balaban J connectivity index is 1.68. The number of aromatic nitrogens is 5. The van der Waals surface area contributed by atoms with Crippen LogP contribution in [0, 0.1) is 6.92 Å². The molecule has 0 saturated carbocycles. The van der Waals surface area contributed by atoms with Gasteiger partial charge in [-0.2, -0.15) is 20.1 Å². The average Bonchev–Trinajstić information content (AvgIpc) is 3.02. The summed E-state index contributed by atoms with van der Waals surface area (Å²) in [6, 6.07) is 1.78. The highest BCUT2D eigenvalue weighted by Crippen LogP contribution is 2.16. The zero-order valence-corrected chi connectivity index (χ0v) is 15.4. The first-order valence-electron chi connectivity index (χ1n) is 8.77. The molecule has 3 N–H and O–H groups in total.